The number of hydrogen-bond acceptors (Lipinski definition) is 19. The number of likely N-dealkylation sites (tertiary alicyclic amines) is 1. The molecule has 0 spiro atoms. The van der Waals surface area contributed by atoms with Crippen LogP contribution in [0.4, 0.5) is 10.5 Å². The number of Topliss-reactive ketones (excluding diaryl/α,β-unsaturated/α-hetero) is 2. The van der Waals surface area contributed by atoms with Crippen LogP contribution in [0.5, 0.6) is 5.75 Å². The van der Waals surface area contributed by atoms with Crippen molar-refractivity contribution >= 4 is 64.8 Å². The summed E-state index contributed by atoms with van der Waals surface area (Å²) in [6, 6.07) is 11.0. The van der Waals surface area contributed by atoms with E-state index in [9.17, 15) is 78.6 Å². The third kappa shape index (κ3) is 20.7. The maximum atomic E-state index is 14.9. The molecule has 3 heterocycles. The molecule has 26 nitrogen and oxygen atoms in total. The van der Waals surface area contributed by atoms with E-state index in [1.165, 1.54) is 44.5 Å². The molecule has 2 aromatic carbocycles. The standard InChI is InChI=1S/C68H100N6O20/c1-12-40(6)59(52(91-11)35-57(82)73-31-19-22-48(73)46(36-75)42(8)49(76)32-41(7)60(83)44-20-15-13-16-21-44)71(9)65(87)45(38(2)3)34-50(77)58(39(4)5)72(10)68(90)92-37-43-24-25-51(93-67-63(86)61(84)62(85)64(94-67)66(88)89)47(33-43)70-54(79)28-29-69-53(78)23-17-14-18-30-74-55(80)26-27-56(74)81/h13,15-16,20-21,24-27,33,38-42,45-46,48,52,58-64,67,75,83-86H,12,14,17-19,22-23,28-32,34-37H2,1-11H3,(H,69,78)(H,70,79)(H,88,89)/t40-,41-,42+,45-,46+,48-,52+,58-,59-,60+,61-,62-,63+,64-,67+/m0/s1. The van der Waals surface area contributed by atoms with Gasteiger partial charge >= 0.3 is 12.1 Å². The van der Waals surface area contributed by atoms with Crippen molar-refractivity contribution in [2.75, 3.05) is 52.8 Å². The largest absolute Gasteiger partial charge is 0.479 e. The maximum Gasteiger partial charge on any atom is 0.410 e. The van der Waals surface area contributed by atoms with Crippen LogP contribution in [0.2, 0.25) is 0 Å². The number of rotatable bonds is 37. The van der Waals surface area contributed by atoms with Gasteiger partial charge in [0.25, 0.3) is 11.8 Å². The van der Waals surface area contributed by atoms with Crippen LogP contribution in [0.15, 0.2) is 60.7 Å². The zero-order valence-electron chi connectivity index (χ0n) is 56.1. The number of hydrogen-bond donors (Lipinski definition) is 8. The lowest BCUT2D eigenvalue weighted by Crippen LogP contribution is -2.61. The van der Waals surface area contributed by atoms with E-state index in [1.54, 1.807) is 49.8 Å². The van der Waals surface area contributed by atoms with Crippen molar-refractivity contribution < 1.29 is 97.5 Å². The fourth-order valence-electron chi connectivity index (χ4n) is 12.8. The van der Waals surface area contributed by atoms with E-state index >= 15 is 0 Å². The maximum absolute atomic E-state index is 14.9. The van der Waals surface area contributed by atoms with Crippen LogP contribution in [0.3, 0.4) is 0 Å². The SMILES string of the molecule is CC[C@H](C)[C@@H]([C@@H](CC(=O)N1CCC[C@H]1[C@H](CO)[C@@H](C)C(=O)C[C@H](C)[C@@H](O)c1ccccc1)OC)N(C)C(=O)[C@@H](CC(=O)[C@H](C(C)C)N(C)C(=O)OCc1ccc(O[C@@H]2O[C@H](C(=O)O)[C@@H](O)[C@H](O)[C@H]2O)c(NC(=O)CCNC(=O)CCCCCN2C(=O)C=CC2=O)c1)C(C)C. The van der Waals surface area contributed by atoms with Crippen LogP contribution < -0.4 is 15.4 Å². The van der Waals surface area contributed by atoms with Crippen LogP contribution in [0, 0.1) is 41.4 Å². The number of aliphatic hydroxyl groups excluding tert-OH is 5. The number of aliphatic carboxylic acids is 1. The van der Waals surface area contributed by atoms with Gasteiger partial charge < -0.3 is 74.9 Å². The summed E-state index contributed by atoms with van der Waals surface area (Å²) in [5.74, 6) is -8.39. The van der Waals surface area contributed by atoms with Crippen LogP contribution in [-0.4, -0.2) is 212 Å². The molecule has 15 atom stereocenters. The van der Waals surface area contributed by atoms with Crippen LogP contribution in [-0.2, 0) is 64.0 Å². The number of anilines is 1. The average Bonchev–Trinajstić information content (AvgIpc) is 1.24. The molecule has 2 aromatic rings. The van der Waals surface area contributed by atoms with E-state index < -0.39 is 133 Å². The molecule has 26 heteroatoms. The summed E-state index contributed by atoms with van der Waals surface area (Å²) in [4.78, 5) is 139. The number of nitrogens with one attached hydrogen (secondary N) is 2. The Kier molecular flexibility index (Phi) is 30.2. The van der Waals surface area contributed by atoms with Gasteiger partial charge in [0.1, 0.15) is 36.5 Å². The van der Waals surface area contributed by atoms with Crippen molar-refractivity contribution in [3.8, 4) is 5.75 Å². The summed E-state index contributed by atoms with van der Waals surface area (Å²) in [6.07, 6.45) is -7.28. The Hall–Kier alpha value is -7.20. The highest BCUT2D eigenvalue weighted by molar-refractivity contribution is 6.12. The third-order valence-corrected chi connectivity index (χ3v) is 18.6. The normalized spacial score (nSPS) is 21.8. The van der Waals surface area contributed by atoms with Crippen LogP contribution in [0.25, 0.3) is 0 Å². The summed E-state index contributed by atoms with van der Waals surface area (Å²) in [7, 11) is 4.50. The second-order valence-corrected chi connectivity index (χ2v) is 25.9. The molecule has 522 valence electrons. The predicted octanol–water partition coefficient (Wildman–Crippen LogP) is 4.55. The van der Waals surface area contributed by atoms with Gasteiger partial charge in [0, 0.05) is 109 Å². The van der Waals surface area contributed by atoms with Gasteiger partial charge in [-0.25, -0.2) is 9.59 Å². The fraction of sp³-hybridized carbons (Fsp3) is 0.647. The molecule has 0 saturated carbocycles. The number of aliphatic hydroxyl groups is 5. The predicted molar refractivity (Wildman–Crippen MR) is 343 cm³/mol. The Morgan fingerprint density at radius 2 is 1.45 bits per heavy atom. The van der Waals surface area contributed by atoms with Crippen LogP contribution in [0.1, 0.15) is 143 Å². The minimum absolute atomic E-state index is 0.0769. The number of ether oxygens (including phenoxy) is 4. The van der Waals surface area contributed by atoms with E-state index in [0.29, 0.717) is 50.6 Å². The average molecular weight is 1320 g/mol. The first-order chi connectivity index (χ1) is 44.5. The highest BCUT2D eigenvalue weighted by Gasteiger charge is 2.49. The van der Waals surface area contributed by atoms with Gasteiger partial charge in [-0.05, 0) is 72.6 Å². The highest BCUT2D eigenvalue weighted by Crippen LogP contribution is 2.36. The van der Waals surface area contributed by atoms with Crippen molar-refractivity contribution in [1.29, 1.82) is 0 Å². The van der Waals surface area contributed by atoms with E-state index in [-0.39, 0.29) is 104 Å². The van der Waals surface area contributed by atoms with Gasteiger partial charge in [0.2, 0.25) is 29.9 Å². The molecule has 3 aliphatic heterocycles. The van der Waals surface area contributed by atoms with E-state index in [4.69, 9.17) is 18.9 Å². The van der Waals surface area contributed by atoms with Crippen molar-refractivity contribution in [3.05, 3.63) is 71.8 Å². The molecule has 0 aromatic heterocycles. The fourth-order valence-corrected chi connectivity index (χ4v) is 12.8. The lowest BCUT2D eigenvalue weighted by Gasteiger charge is -2.41. The number of methoxy groups -OCH3 is 1. The molecule has 2 fully saturated rings. The minimum atomic E-state index is -2.03. The minimum Gasteiger partial charge on any atom is -0.479 e. The number of likely N-dealkylation sites (N-methyl/N-ethyl adjacent to an activating group) is 2. The Morgan fingerprint density at radius 3 is 2.05 bits per heavy atom. The Labute approximate surface area is 550 Å². The highest BCUT2D eigenvalue weighted by atomic mass is 16.7. The Balaban J connectivity index is 1.24. The summed E-state index contributed by atoms with van der Waals surface area (Å²) in [5.41, 5.74) is 0.846. The van der Waals surface area contributed by atoms with Crippen LogP contribution >= 0.6 is 0 Å². The zero-order valence-corrected chi connectivity index (χ0v) is 56.1. The van der Waals surface area contributed by atoms with Crippen molar-refractivity contribution in [1.82, 2.24) is 24.9 Å². The topological polar surface area (TPSA) is 366 Å². The van der Waals surface area contributed by atoms with Crippen molar-refractivity contribution in [2.24, 2.45) is 41.4 Å². The summed E-state index contributed by atoms with van der Waals surface area (Å²) >= 11 is 0. The molecule has 0 radical (unpaired) electrons. The molecule has 0 aliphatic carbocycles. The lowest BCUT2D eigenvalue weighted by atomic mass is 9.80. The first kappa shape index (κ1) is 77.5. The Morgan fingerprint density at radius 1 is 0.777 bits per heavy atom. The number of imide groups is 1. The van der Waals surface area contributed by atoms with Crippen molar-refractivity contribution in [2.45, 2.75) is 194 Å². The molecule has 0 bridgehead atoms. The molecule has 5 rings (SSSR count). The molecule has 7 amide bonds. The number of benzene rings is 2. The van der Waals surface area contributed by atoms with E-state index in [1.807, 2.05) is 52.8 Å². The number of carboxylic acid groups (broad SMARTS) is 1. The lowest BCUT2D eigenvalue weighted by molar-refractivity contribution is -0.271. The first-order valence-corrected chi connectivity index (χ1v) is 32.7. The quantitative estimate of drug-likeness (QED) is 0.0339. The molecular formula is C68H100N6O20. The number of amides is 7. The van der Waals surface area contributed by atoms with E-state index in [0.717, 1.165) is 9.80 Å². The second kappa shape index (κ2) is 36.6. The summed E-state index contributed by atoms with van der Waals surface area (Å²) in [5, 5.41) is 68.2. The number of unbranched alkanes of at least 4 members (excludes halogenated alkanes) is 2. The number of ketones is 2. The first-order valence-electron chi connectivity index (χ1n) is 32.7. The van der Waals surface area contributed by atoms with E-state index in [2.05, 4.69) is 10.6 Å². The molecule has 8 N–H and O–H groups in total. The van der Waals surface area contributed by atoms with Gasteiger partial charge in [-0.2, -0.15) is 0 Å². The van der Waals surface area contributed by atoms with Gasteiger partial charge in [0.15, 0.2) is 11.9 Å². The van der Waals surface area contributed by atoms with Gasteiger partial charge in [-0.15, -0.1) is 0 Å². The third-order valence-electron chi connectivity index (χ3n) is 18.6. The molecule has 94 heavy (non-hydrogen) atoms. The molecule has 2 saturated heterocycles. The summed E-state index contributed by atoms with van der Waals surface area (Å²) < 4.78 is 22.9. The smallest absolute Gasteiger partial charge is 0.410 e. The summed E-state index contributed by atoms with van der Waals surface area (Å²) in [6.45, 7) is 14.3. The van der Waals surface area contributed by atoms with Gasteiger partial charge in [0.05, 0.1) is 36.4 Å². The number of carbonyl (C=O) groups is 10. The number of carboxylic acids is 1. The monoisotopic (exact) mass is 1320 g/mol. The Bertz CT molecular complexity index is 2930. The zero-order chi connectivity index (χ0) is 69.8. The second-order valence-electron chi connectivity index (χ2n) is 25.9. The number of carbonyl (C=O) groups excluding carboxylic acids is 9. The van der Waals surface area contributed by atoms with Gasteiger partial charge in [-0.3, -0.25) is 43.3 Å². The molecular weight excluding hydrogens is 1220 g/mol. The van der Waals surface area contributed by atoms with Crippen molar-refractivity contribution in [3.63, 3.8) is 0 Å². The molecule has 3 aliphatic rings. The van der Waals surface area contributed by atoms with Gasteiger partial charge in [-0.1, -0.05) is 105 Å². The number of nitrogens with zero attached hydrogens (tertiary/aromatic N) is 4. The molecule has 0 unspecified atom stereocenters.